The lowest BCUT2D eigenvalue weighted by Gasteiger charge is -2.19. The van der Waals surface area contributed by atoms with Crippen molar-refractivity contribution in [2.75, 3.05) is 11.9 Å². The van der Waals surface area contributed by atoms with E-state index in [9.17, 15) is 20.2 Å². The Labute approximate surface area is 190 Å². The number of nitro groups is 1. The highest BCUT2D eigenvalue weighted by atomic mass is 35.5. The van der Waals surface area contributed by atoms with E-state index in [1.807, 2.05) is 36.4 Å². The molecule has 160 valence electrons. The number of nitrogens with one attached hydrogen (secondary N) is 1. The molecule has 0 heterocycles. The molecule has 0 saturated carbocycles. The molecule has 0 atom stereocenters. The van der Waals surface area contributed by atoms with Crippen molar-refractivity contribution in [3.63, 3.8) is 0 Å². The summed E-state index contributed by atoms with van der Waals surface area (Å²) in [6, 6.07) is 22.6. The number of carbonyl (C=O) groups is 1. The Morgan fingerprint density at radius 1 is 1.16 bits per heavy atom. The molecule has 0 aliphatic rings. The Kier molecular flexibility index (Phi) is 7.21. The summed E-state index contributed by atoms with van der Waals surface area (Å²) in [7, 11) is 1.73. The van der Waals surface area contributed by atoms with E-state index in [2.05, 4.69) is 5.32 Å². The van der Waals surface area contributed by atoms with Crippen LogP contribution in [0.4, 0.5) is 17.1 Å². The number of benzene rings is 3. The molecular formula is C24H19ClN4O3. The van der Waals surface area contributed by atoms with Crippen molar-refractivity contribution in [3.8, 4) is 6.07 Å². The first-order valence-corrected chi connectivity index (χ1v) is 9.98. The maximum Gasteiger partial charge on any atom is 0.293 e. The van der Waals surface area contributed by atoms with Crippen LogP contribution in [0.25, 0.3) is 6.08 Å². The van der Waals surface area contributed by atoms with Crippen LogP contribution < -0.4 is 10.2 Å². The van der Waals surface area contributed by atoms with Gasteiger partial charge in [0.15, 0.2) is 0 Å². The highest BCUT2D eigenvalue weighted by molar-refractivity contribution is 6.30. The molecule has 3 aromatic carbocycles. The smallest absolute Gasteiger partial charge is 0.293 e. The lowest BCUT2D eigenvalue weighted by atomic mass is 10.1. The monoisotopic (exact) mass is 446 g/mol. The summed E-state index contributed by atoms with van der Waals surface area (Å²) >= 11 is 5.85. The molecule has 0 spiro atoms. The Hall–Kier alpha value is -4.15. The SMILES string of the molecule is CN(c1ccccc1)c1ccc(C=C(C#N)C(=O)NCc2ccc(Cl)cc2)cc1[N+](=O)[O-]. The largest absolute Gasteiger partial charge is 0.347 e. The molecule has 8 heteroatoms. The van der Waals surface area contributed by atoms with E-state index in [1.165, 1.54) is 12.1 Å². The molecule has 0 aromatic heterocycles. The van der Waals surface area contributed by atoms with Crippen LogP contribution in [-0.2, 0) is 11.3 Å². The van der Waals surface area contributed by atoms with Crippen molar-refractivity contribution in [1.82, 2.24) is 5.32 Å². The zero-order chi connectivity index (χ0) is 23.1. The Morgan fingerprint density at radius 3 is 2.47 bits per heavy atom. The van der Waals surface area contributed by atoms with E-state index >= 15 is 0 Å². The van der Waals surface area contributed by atoms with Crippen molar-refractivity contribution < 1.29 is 9.72 Å². The van der Waals surface area contributed by atoms with Gasteiger partial charge in [-0.3, -0.25) is 14.9 Å². The van der Waals surface area contributed by atoms with Crippen LogP contribution in [0.5, 0.6) is 0 Å². The minimum absolute atomic E-state index is 0.135. The van der Waals surface area contributed by atoms with E-state index in [1.54, 1.807) is 48.3 Å². The van der Waals surface area contributed by atoms with Gasteiger partial charge >= 0.3 is 0 Å². The molecule has 0 radical (unpaired) electrons. The van der Waals surface area contributed by atoms with E-state index in [0.29, 0.717) is 16.3 Å². The average Bonchev–Trinajstić information content (AvgIpc) is 2.82. The molecule has 7 nitrogen and oxygen atoms in total. The fraction of sp³-hybridized carbons (Fsp3) is 0.0833. The van der Waals surface area contributed by atoms with Gasteiger partial charge in [-0.1, -0.05) is 48.0 Å². The number of carbonyl (C=O) groups excluding carboxylic acids is 1. The summed E-state index contributed by atoms with van der Waals surface area (Å²) in [5.41, 5.74) is 2.09. The predicted molar refractivity (Wildman–Crippen MR) is 124 cm³/mol. The molecule has 32 heavy (non-hydrogen) atoms. The van der Waals surface area contributed by atoms with Crippen molar-refractivity contribution >= 4 is 40.6 Å². The third-order valence-electron chi connectivity index (χ3n) is 4.74. The summed E-state index contributed by atoms with van der Waals surface area (Å²) in [6.07, 6.45) is 1.33. The van der Waals surface area contributed by atoms with Gasteiger partial charge in [0.25, 0.3) is 11.6 Å². The van der Waals surface area contributed by atoms with E-state index in [0.717, 1.165) is 11.3 Å². The Morgan fingerprint density at radius 2 is 1.84 bits per heavy atom. The summed E-state index contributed by atoms with van der Waals surface area (Å²) in [5.74, 6) is -0.574. The number of anilines is 2. The predicted octanol–water partition coefficient (Wildman–Crippen LogP) is 5.24. The second-order valence-corrected chi connectivity index (χ2v) is 7.32. The van der Waals surface area contributed by atoms with Gasteiger partial charge in [-0.15, -0.1) is 0 Å². The van der Waals surface area contributed by atoms with Gasteiger partial charge in [0.2, 0.25) is 0 Å². The summed E-state index contributed by atoms with van der Waals surface area (Å²) < 4.78 is 0. The number of hydrogen-bond acceptors (Lipinski definition) is 5. The van der Waals surface area contributed by atoms with Gasteiger partial charge in [-0.25, -0.2) is 0 Å². The van der Waals surface area contributed by atoms with Crippen LogP contribution in [0.2, 0.25) is 5.02 Å². The summed E-state index contributed by atoms with van der Waals surface area (Å²) in [6.45, 7) is 0.218. The number of nitro benzene ring substituents is 1. The molecule has 3 rings (SSSR count). The molecule has 0 aliphatic carbocycles. The van der Waals surface area contributed by atoms with Crippen molar-refractivity contribution in [2.45, 2.75) is 6.54 Å². The van der Waals surface area contributed by atoms with Gasteiger partial charge in [0.05, 0.1) is 4.92 Å². The second kappa shape index (κ2) is 10.2. The number of nitriles is 1. The fourth-order valence-corrected chi connectivity index (χ4v) is 3.17. The van der Waals surface area contributed by atoms with E-state index < -0.39 is 10.8 Å². The Balaban J connectivity index is 1.83. The number of amides is 1. The first-order chi connectivity index (χ1) is 15.4. The zero-order valence-electron chi connectivity index (χ0n) is 17.2. The summed E-state index contributed by atoms with van der Waals surface area (Å²) in [4.78, 5) is 25.3. The number of nitrogens with zero attached hydrogens (tertiary/aromatic N) is 3. The number of halogens is 1. The Bertz CT molecular complexity index is 1200. The number of rotatable bonds is 7. The van der Waals surface area contributed by atoms with Crippen LogP contribution in [0, 0.1) is 21.4 Å². The van der Waals surface area contributed by atoms with Crippen molar-refractivity contribution in [3.05, 3.63) is 105 Å². The molecule has 3 aromatic rings. The molecule has 0 fully saturated rings. The zero-order valence-corrected chi connectivity index (χ0v) is 17.9. The van der Waals surface area contributed by atoms with E-state index in [4.69, 9.17) is 11.6 Å². The minimum Gasteiger partial charge on any atom is -0.347 e. The molecule has 0 saturated heterocycles. The normalized spacial score (nSPS) is 10.8. The first kappa shape index (κ1) is 22.5. The minimum atomic E-state index is -0.574. The average molecular weight is 447 g/mol. The maximum atomic E-state index is 12.4. The lowest BCUT2D eigenvalue weighted by molar-refractivity contribution is -0.384. The van der Waals surface area contributed by atoms with Crippen LogP contribution in [0.1, 0.15) is 11.1 Å². The molecule has 1 N–H and O–H groups in total. The molecule has 0 bridgehead atoms. The standard InChI is InChI=1S/C24H19ClN4O3/c1-28(21-5-3-2-4-6-21)22-12-9-18(14-23(22)29(31)32)13-19(15-26)24(30)27-16-17-7-10-20(25)11-8-17/h2-14H,16H2,1H3,(H,27,30). The van der Waals surface area contributed by atoms with E-state index in [-0.39, 0.29) is 17.8 Å². The quantitative estimate of drug-likeness (QED) is 0.231. The van der Waals surface area contributed by atoms with Crippen LogP contribution >= 0.6 is 11.6 Å². The number of hydrogen-bond donors (Lipinski definition) is 1. The van der Waals surface area contributed by atoms with Gasteiger partial charge < -0.3 is 10.2 Å². The van der Waals surface area contributed by atoms with Gasteiger partial charge in [-0.05, 0) is 47.5 Å². The lowest BCUT2D eigenvalue weighted by Crippen LogP contribution is -2.23. The molecule has 1 amide bonds. The number of para-hydroxylation sites is 1. The van der Waals surface area contributed by atoms with Crippen LogP contribution in [-0.4, -0.2) is 17.9 Å². The fourth-order valence-electron chi connectivity index (χ4n) is 3.05. The highest BCUT2D eigenvalue weighted by Gasteiger charge is 2.19. The first-order valence-electron chi connectivity index (χ1n) is 9.60. The van der Waals surface area contributed by atoms with Crippen LogP contribution in [0.15, 0.2) is 78.4 Å². The second-order valence-electron chi connectivity index (χ2n) is 6.88. The van der Waals surface area contributed by atoms with Crippen molar-refractivity contribution in [1.29, 1.82) is 5.26 Å². The van der Waals surface area contributed by atoms with Gasteiger partial charge in [-0.2, -0.15) is 5.26 Å². The molecule has 0 unspecified atom stereocenters. The third kappa shape index (κ3) is 5.50. The van der Waals surface area contributed by atoms with Crippen molar-refractivity contribution in [2.24, 2.45) is 0 Å². The highest BCUT2D eigenvalue weighted by Crippen LogP contribution is 2.33. The molecular weight excluding hydrogens is 428 g/mol. The third-order valence-corrected chi connectivity index (χ3v) is 5.00. The van der Waals surface area contributed by atoms with Gasteiger partial charge in [0, 0.05) is 30.4 Å². The maximum absolute atomic E-state index is 12.4. The summed E-state index contributed by atoms with van der Waals surface area (Å²) in [5, 5.41) is 24.4. The molecule has 0 aliphatic heterocycles. The van der Waals surface area contributed by atoms with Crippen LogP contribution in [0.3, 0.4) is 0 Å². The van der Waals surface area contributed by atoms with Gasteiger partial charge in [0.1, 0.15) is 17.3 Å². The topological polar surface area (TPSA) is 99.3 Å².